The summed E-state index contributed by atoms with van der Waals surface area (Å²) in [6, 6.07) is 14.0. The molecule has 1 aliphatic carbocycles. The van der Waals surface area contributed by atoms with Crippen LogP contribution >= 0.6 is 0 Å². The van der Waals surface area contributed by atoms with Gasteiger partial charge >= 0.3 is 0 Å². The third-order valence-corrected chi connectivity index (χ3v) is 6.92. The average molecular weight is 399 g/mol. The average Bonchev–Trinajstić information content (AvgIpc) is 3.01. The summed E-state index contributed by atoms with van der Waals surface area (Å²) < 4.78 is 0. The lowest BCUT2D eigenvalue weighted by atomic mass is 9.69. The quantitative estimate of drug-likeness (QED) is 0.395. The van der Waals surface area contributed by atoms with Gasteiger partial charge in [-0.1, -0.05) is 94.7 Å². The van der Waals surface area contributed by atoms with Gasteiger partial charge in [0.15, 0.2) is 0 Å². The molecule has 0 aromatic heterocycles. The second-order valence-corrected chi connectivity index (χ2v) is 8.88. The largest absolute Gasteiger partial charge is 0.0987 e. The summed E-state index contributed by atoms with van der Waals surface area (Å²) in [7, 11) is 0. The van der Waals surface area contributed by atoms with Crippen LogP contribution in [-0.2, 0) is 5.41 Å². The van der Waals surface area contributed by atoms with E-state index in [4.69, 9.17) is 0 Å². The molecule has 0 N–H and O–H groups in total. The summed E-state index contributed by atoms with van der Waals surface area (Å²) in [5.74, 6) is 0. The molecule has 2 aromatic carbocycles. The van der Waals surface area contributed by atoms with Crippen LogP contribution in [0.2, 0.25) is 0 Å². The van der Waals surface area contributed by atoms with Gasteiger partial charge in [0, 0.05) is 5.41 Å². The molecule has 0 nitrogen and oxygen atoms in total. The first kappa shape index (κ1) is 22.3. The lowest BCUT2D eigenvalue weighted by molar-refractivity contribution is 0.412. The zero-order valence-corrected chi connectivity index (χ0v) is 19.6. The molecule has 1 aliphatic rings. The first-order valence-electron chi connectivity index (χ1n) is 11.7. The van der Waals surface area contributed by atoms with Crippen molar-refractivity contribution in [2.24, 2.45) is 0 Å². The second kappa shape index (κ2) is 9.65. The Labute approximate surface area is 184 Å². The minimum Gasteiger partial charge on any atom is -0.0987 e. The van der Waals surface area contributed by atoms with Gasteiger partial charge in [-0.05, 0) is 84.2 Å². The molecule has 0 heterocycles. The Morgan fingerprint density at radius 3 is 2.07 bits per heavy atom. The molecule has 0 aliphatic heterocycles. The maximum atomic E-state index is 4.28. The third kappa shape index (κ3) is 3.97. The highest BCUT2D eigenvalue weighted by Crippen LogP contribution is 2.53. The van der Waals surface area contributed by atoms with Crippen molar-refractivity contribution in [2.75, 3.05) is 0 Å². The Morgan fingerprint density at radius 1 is 0.867 bits per heavy atom. The molecule has 0 heteroatoms. The number of allylic oxidation sites excluding steroid dienone is 5. The maximum Gasteiger partial charge on any atom is 0.0215 e. The van der Waals surface area contributed by atoms with Crippen molar-refractivity contribution in [3.63, 3.8) is 0 Å². The van der Waals surface area contributed by atoms with Gasteiger partial charge in [-0.3, -0.25) is 0 Å². The fourth-order valence-electron chi connectivity index (χ4n) is 5.10. The van der Waals surface area contributed by atoms with Crippen LogP contribution in [0.1, 0.15) is 81.5 Å². The highest BCUT2D eigenvalue weighted by atomic mass is 14.4. The van der Waals surface area contributed by atoms with E-state index in [1.807, 2.05) is 0 Å². The van der Waals surface area contributed by atoms with E-state index in [9.17, 15) is 0 Å². The zero-order chi connectivity index (χ0) is 21.7. The molecule has 0 unspecified atom stereocenters. The van der Waals surface area contributed by atoms with E-state index in [-0.39, 0.29) is 5.41 Å². The molecule has 30 heavy (non-hydrogen) atoms. The predicted molar refractivity (Wildman–Crippen MR) is 134 cm³/mol. The van der Waals surface area contributed by atoms with Crippen LogP contribution in [0.15, 0.2) is 66.8 Å². The molecule has 158 valence electrons. The summed E-state index contributed by atoms with van der Waals surface area (Å²) in [6.45, 7) is 15.4. The molecule has 0 radical (unpaired) electrons. The van der Waals surface area contributed by atoms with Gasteiger partial charge in [0.2, 0.25) is 0 Å². The zero-order valence-electron chi connectivity index (χ0n) is 19.6. The number of benzene rings is 2. The Balaban J connectivity index is 2.23. The van der Waals surface area contributed by atoms with Crippen LogP contribution in [0.5, 0.6) is 0 Å². The van der Waals surface area contributed by atoms with Gasteiger partial charge < -0.3 is 0 Å². The van der Waals surface area contributed by atoms with Gasteiger partial charge in [0.25, 0.3) is 0 Å². The van der Waals surface area contributed by atoms with E-state index >= 15 is 0 Å². The van der Waals surface area contributed by atoms with E-state index in [0.717, 1.165) is 0 Å². The van der Waals surface area contributed by atoms with Crippen molar-refractivity contribution < 1.29 is 0 Å². The first-order chi connectivity index (χ1) is 14.5. The van der Waals surface area contributed by atoms with Gasteiger partial charge in [-0.2, -0.15) is 0 Å². The summed E-state index contributed by atoms with van der Waals surface area (Å²) in [4.78, 5) is 0. The highest BCUT2D eigenvalue weighted by Gasteiger charge is 2.42. The Bertz CT molecular complexity index is 960. The molecule has 3 rings (SSSR count). The van der Waals surface area contributed by atoms with Crippen LogP contribution in [0.3, 0.4) is 0 Å². The lowest BCUT2D eigenvalue weighted by Crippen LogP contribution is -2.26. The van der Waals surface area contributed by atoms with Crippen molar-refractivity contribution >= 4 is 5.57 Å². The fourth-order valence-corrected chi connectivity index (χ4v) is 5.10. The van der Waals surface area contributed by atoms with E-state index in [0.29, 0.717) is 0 Å². The Hall–Kier alpha value is -2.34. The molecule has 0 bridgehead atoms. The van der Waals surface area contributed by atoms with Gasteiger partial charge in [0.05, 0.1) is 0 Å². The van der Waals surface area contributed by atoms with Crippen LogP contribution < -0.4 is 0 Å². The molecule has 2 aromatic rings. The minimum atomic E-state index is 0.0910. The van der Waals surface area contributed by atoms with E-state index < -0.39 is 0 Å². The van der Waals surface area contributed by atoms with E-state index in [1.54, 1.807) is 0 Å². The number of rotatable bonds is 9. The molecule has 0 atom stereocenters. The maximum absolute atomic E-state index is 4.28. The number of aryl methyl sites for hydroxylation is 2. The van der Waals surface area contributed by atoms with Crippen LogP contribution in [0, 0.1) is 13.8 Å². The van der Waals surface area contributed by atoms with Gasteiger partial charge in [0.1, 0.15) is 0 Å². The van der Waals surface area contributed by atoms with Gasteiger partial charge in [-0.25, -0.2) is 0 Å². The Morgan fingerprint density at radius 2 is 1.50 bits per heavy atom. The third-order valence-electron chi connectivity index (χ3n) is 6.92. The van der Waals surface area contributed by atoms with E-state index in [1.165, 1.54) is 83.1 Å². The normalized spacial score (nSPS) is 15.1. The van der Waals surface area contributed by atoms with Crippen molar-refractivity contribution in [1.82, 2.24) is 0 Å². The van der Waals surface area contributed by atoms with Crippen LogP contribution in [0.25, 0.3) is 16.7 Å². The monoisotopic (exact) mass is 398 g/mol. The smallest absolute Gasteiger partial charge is 0.0215 e. The summed E-state index contributed by atoms with van der Waals surface area (Å²) in [5, 5.41) is 0. The standard InChI is InChI=1S/C30H38/c1-7-11-18-30(19-12-8-2)28(10-4)26(13-9-3)27-17-16-25(21-29(27)30)24-15-14-22(5)23(6)20-24/h9-10,13-17,20-21H,4,7-8,11-12,18-19H2,1-3,5-6H3/b13-9-. The number of fused-ring (bicyclic) bond motifs is 1. The SMILES string of the molecule is C=CC1=C(/C=C\C)c2ccc(-c3ccc(C)c(C)c3)cc2C1(CCCC)CCCC. The van der Waals surface area contributed by atoms with Crippen molar-refractivity contribution in [1.29, 1.82) is 0 Å². The summed E-state index contributed by atoms with van der Waals surface area (Å²) >= 11 is 0. The van der Waals surface area contributed by atoms with Crippen molar-refractivity contribution in [2.45, 2.75) is 78.6 Å². The first-order valence-corrected chi connectivity index (χ1v) is 11.7. The molecule has 0 amide bonds. The lowest BCUT2D eigenvalue weighted by Gasteiger charge is -2.34. The molecule has 0 fully saturated rings. The molecular weight excluding hydrogens is 360 g/mol. The second-order valence-electron chi connectivity index (χ2n) is 8.88. The highest BCUT2D eigenvalue weighted by molar-refractivity contribution is 5.89. The number of hydrogen-bond donors (Lipinski definition) is 0. The predicted octanol–water partition coefficient (Wildman–Crippen LogP) is 9.12. The topological polar surface area (TPSA) is 0 Å². The van der Waals surface area contributed by atoms with Gasteiger partial charge in [-0.15, -0.1) is 0 Å². The summed E-state index contributed by atoms with van der Waals surface area (Å²) in [6.07, 6.45) is 14.0. The Kier molecular flexibility index (Phi) is 7.19. The van der Waals surface area contributed by atoms with Crippen LogP contribution in [0.4, 0.5) is 0 Å². The van der Waals surface area contributed by atoms with Crippen molar-refractivity contribution in [3.8, 4) is 11.1 Å². The molecule has 0 spiro atoms. The summed E-state index contributed by atoms with van der Waals surface area (Å²) in [5.41, 5.74) is 11.2. The van der Waals surface area contributed by atoms with Crippen LogP contribution in [-0.4, -0.2) is 0 Å². The van der Waals surface area contributed by atoms with E-state index in [2.05, 4.69) is 95.8 Å². The van der Waals surface area contributed by atoms with Crippen molar-refractivity contribution in [3.05, 3.63) is 89.0 Å². The molecular formula is C30H38. The molecule has 0 saturated carbocycles. The molecule has 0 saturated heterocycles. The minimum absolute atomic E-state index is 0.0910. The number of unbranched alkanes of at least 4 members (excludes halogenated alkanes) is 2. The number of hydrogen-bond acceptors (Lipinski definition) is 0. The fraction of sp³-hybridized carbons (Fsp3) is 0.400.